The van der Waals surface area contributed by atoms with Crippen molar-refractivity contribution < 1.29 is 15.0 Å². The number of amides is 1. The Bertz CT molecular complexity index is 396. The molecule has 0 heterocycles. The summed E-state index contributed by atoms with van der Waals surface area (Å²) in [5.41, 5.74) is 0.334. The minimum atomic E-state index is -0.461. The SMILES string of the molecule is N#CCC(=O)Nc1ccc(O)c(O)c1. The first-order valence-corrected chi connectivity index (χ1v) is 3.82. The molecule has 0 saturated carbocycles. The van der Waals surface area contributed by atoms with Crippen molar-refractivity contribution in [2.24, 2.45) is 0 Å². The van der Waals surface area contributed by atoms with E-state index in [9.17, 15) is 4.79 Å². The second-order valence-electron chi connectivity index (χ2n) is 2.59. The first-order valence-electron chi connectivity index (χ1n) is 3.82. The van der Waals surface area contributed by atoms with Crippen LogP contribution in [0.5, 0.6) is 11.5 Å². The second kappa shape index (κ2) is 4.14. The zero-order valence-electron chi connectivity index (χ0n) is 7.19. The highest BCUT2D eigenvalue weighted by Crippen LogP contribution is 2.27. The Morgan fingerprint density at radius 2 is 2.14 bits per heavy atom. The molecule has 3 N–H and O–H groups in total. The smallest absolute Gasteiger partial charge is 0.238 e. The lowest BCUT2D eigenvalue weighted by Crippen LogP contribution is -2.09. The van der Waals surface area contributed by atoms with Crippen LogP contribution in [0.25, 0.3) is 0 Å². The summed E-state index contributed by atoms with van der Waals surface area (Å²) in [6, 6.07) is 5.56. The summed E-state index contributed by atoms with van der Waals surface area (Å²) in [6.45, 7) is 0. The van der Waals surface area contributed by atoms with Crippen molar-refractivity contribution in [1.82, 2.24) is 0 Å². The summed E-state index contributed by atoms with van der Waals surface area (Å²) in [5.74, 6) is -1.04. The Morgan fingerprint density at radius 1 is 1.43 bits per heavy atom. The van der Waals surface area contributed by atoms with E-state index < -0.39 is 5.91 Å². The van der Waals surface area contributed by atoms with Gasteiger partial charge in [0, 0.05) is 11.8 Å². The van der Waals surface area contributed by atoms with Crippen LogP contribution in [-0.4, -0.2) is 16.1 Å². The summed E-state index contributed by atoms with van der Waals surface area (Å²) in [7, 11) is 0. The Labute approximate surface area is 80.2 Å². The highest BCUT2D eigenvalue weighted by Gasteiger charge is 2.03. The third-order valence-electron chi connectivity index (χ3n) is 1.50. The van der Waals surface area contributed by atoms with Gasteiger partial charge in [0.25, 0.3) is 0 Å². The molecule has 0 aliphatic rings. The molecular formula is C9H8N2O3. The lowest BCUT2D eigenvalue weighted by atomic mass is 10.2. The van der Waals surface area contributed by atoms with E-state index in [-0.39, 0.29) is 17.9 Å². The zero-order valence-corrected chi connectivity index (χ0v) is 7.19. The number of carbonyl (C=O) groups excluding carboxylic acids is 1. The van der Waals surface area contributed by atoms with E-state index in [0.29, 0.717) is 5.69 Å². The predicted molar refractivity (Wildman–Crippen MR) is 48.6 cm³/mol. The van der Waals surface area contributed by atoms with Gasteiger partial charge < -0.3 is 15.5 Å². The van der Waals surface area contributed by atoms with Gasteiger partial charge in [-0.05, 0) is 12.1 Å². The van der Waals surface area contributed by atoms with Crippen LogP contribution in [0.2, 0.25) is 0 Å². The van der Waals surface area contributed by atoms with Crippen molar-refractivity contribution in [2.75, 3.05) is 5.32 Å². The average Bonchev–Trinajstić information content (AvgIpc) is 2.12. The van der Waals surface area contributed by atoms with Crippen molar-refractivity contribution in [3.63, 3.8) is 0 Å². The monoisotopic (exact) mass is 192 g/mol. The van der Waals surface area contributed by atoms with Crippen molar-refractivity contribution >= 4 is 11.6 Å². The number of hydrogen-bond acceptors (Lipinski definition) is 4. The molecule has 5 heteroatoms. The van der Waals surface area contributed by atoms with Crippen LogP contribution in [0.15, 0.2) is 18.2 Å². The van der Waals surface area contributed by atoms with E-state index in [1.54, 1.807) is 6.07 Å². The number of nitrogens with zero attached hydrogens (tertiary/aromatic N) is 1. The van der Waals surface area contributed by atoms with E-state index in [0.717, 1.165) is 0 Å². The fraction of sp³-hybridized carbons (Fsp3) is 0.111. The number of aromatic hydroxyl groups is 2. The van der Waals surface area contributed by atoms with Crippen LogP contribution in [-0.2, 0) is 4.79 Å². The Balaban J connectivity index is 2.74. The highest BCUT2D eigenvalue weighted by atomic mass is 16.3. The number of rotatable bonds is 2. The topological polar surface area (TPSA) is 93.4 Å². The second-order valence-corrected chi connectivity index (χ2v) is 2.59. The fourth-order valence-corrected chi connectivity index (χ4v) is 0.878. The Kier molecular flexibility index (Phi) is 2.92. The molecule has 0 atom stereocenters. The molecule has 0 aliphatic carbocycles. The molecule has 1 rings (SSSR count). The van der Waals surface area contributed by atoms with Gasteiger partial charge in [-0.15, -0.1) is 0 Å². The normalized spacial score (nSPS) is 9.07. The Hall–Kier alpha value is -2.22. The van der Waals surface area contributed by atoms with E-state index in [1.165, 1.54) is 18.2 Å². The number of nitrogens with one attached hydrogen (secondary N) is 1. The third-order valence-corrected chi connectivity index (χ3v) is 1.50. The van der Waals surface area contributed by atoms with Gasteiger partial charge in [-0.3, -0.25) is 4.79 Å². The number of carbonyl (C=O) groups is 1. The molecule has 0 spiro atoms. The first kappa shape index (κ1) is 9.86. The Morgan fingerprint density at radius 3 is 2.71 bits per heavy atom. The van der Waals surface area contributed by atoms with Gasteiger partial charge in [0.15, 0.2) is 11.5 Å². The molecule has 0 unspecified atom stereocenters. The van der Waals surface area contributed by atoms with Crippen LogP contribution < -0.4 is 5.32 Å². The van der Waals surface area contributed by atoms with E-state index in [2.05, 4.69) is 5.32 Å². The van der Waals surface area contributed by atoms with Gasteiger partial charge in [0.1, 0.15) is 6.42 Å². The number of phenols is 2. The zero-order chi connectivity index (χ0) is 10.6. The van der Waals surface area contributed by atoms with Gasteiger partial charge in [-0.25, -0.2) is 0 Å². The largest absolute Gasteiger partial charge is 0.504 e. The molecule has 0 radical (unpaired) electrons. The van der Waals surface area contributed by atoms with Crippen molar-refractivity contribution in [2.45, 2.75) is 6.42 Å². The lowest BCUT2D eigenvalue weighted by Gasteiger charge is -2.03. The number of nitriles is 1. The number of benzene rings is 1. The maximum Gasteiger partial charge on any atom is 0.238 e. The van der Waals surface area contributed by atoms with E-state index >= 15 is 0 Å². The average molecular weight is 192 g/mol. The summed E-state index contributed by atoms with van der Waals surface area (Å²) in [5, 5.41) is 28.6. The van der Waals surface area contributed by atoms with E-state index in [1.807, 2.05) is 0 Å². The number of anilines is 1. The third kappa shape index (κ3) is 2.38. The molecule has 0 bridgehead atoms. The van der Waals surface area contributed by atoms with Crippen molar-refractivity contribution in [3.8, 4) is 17.6 Å². The minimum Gasteiger partial charge on any atom is -0.504 e. The molecule has 0 aromatic heterocycles. The number of hydrogen-bond donors (Lipinski definition) is 3. The predicted octanol–water partition coefficient (Wildman–Crippen LogP) is 0.950. The van der Waals surface area contributed by atoms with Gasteiger partial charge >= 0.3 is 0 Å². The molecule has 0 fully saturated rings. The van der Waals surface area contributed by atoms with Crippen molar-refractivity contribution in [3.05, 3.63) is 18.2 Å². The molecule has 14 heavy (non-hydrogen) atoms. The van der Waals surface area contributed by atoms with Crippen LogP contribution in [0.1, 0.15) is 6.42 Å². The fourth-order valence-electron chi connectivity index (χ4n) is 0.878. The molecule has 0 aliphatic heterocycles. The molecule has 0 saturated heterocycles. The summed E-state index contributed by atoms with van der Waals surface area (Å²) in [4.78, 5) is 10.9. The van der Waals surface area contributed by atoms with Crippen LogP contribution >= 0.6 is 0 Å². The summed E-state index contributed by atoms with van der Waals surface area (Å²) >= 11 is 0. The first-order chi connectivity index (χ1) is 6.63. The van der Waals surface area contributed by atoms with E-state index in [4.69, 9.17) is 15.5 Å². The maximum absolute atomic E-state index is 10.9. The minimum absolute atomic E-state index is 0.248. The van der Waals surface area contributed by atoms with Crippen molar-refractivity contribution in [1.29, 1.82) is 5.26 Å². The van der Waals surface area contributed by atoms with Crippen LogP contribution in [0, 0.1) is 11.3 Å². The quantitative estimate of drug-likeness (QED) is 0.480. The van der Waals surface area contributed by atoms with Gasteiger partial charge in [-0.1, -0.05) is 0 Å². The van der Waals surface area contributed by atoms with Crippen LogP contribution in [0.4, 0.5) is 5.69 Å². The van der Waals surface area contributed by atoms with Gasteiger partial charge in [0.05, 0.1) is 6.07 Å². The van der Waals surface area contributed by atoms with Gasteiger partial charge in [0.2, 0.25) is 5.91 Å². The standard InChI is InChI=1S/C9H8N2O3/c10-4-3-9(14)11-6-1-2-7(12)8(13)5-6/h1-2,5,12-13H,3H2,(H,11,14). The van der Waals surface area contributed by atoms with Gasteiger partial charge in [-0.2, -0.15) is 5.26 Å². The molecule has 1 aromatic rings. The molecule has 72 valence electrons. The molecule has 5 nitrogen and oxygen atoms in total. The lowest BCUT2D eigenvalue weighted by molar-refractivity contribution is -0.115. The number of phenolic OH excluding ortho intramolecular Hbond substituents is 2. The molecule has 1 aromatic carbocycles. The summed E-state index contributed by atoms with van der Waals surface area (Å²) < 4.78 is 0. The summed E-state index contributed by atoms with van der Waals surface area (Å²) in [6.07, 6.45) is -0.248. The highest BCUT2D eigenvalue weighted by molar-refractivity contribution is 5.92. The molecule has 1 amide bonds. The van der Waals surface area contributed by atoms with Crippen LogP contribution in [0.3, 0.4) is 0 Å². The maximum atomic E-state index is 10.9. The molecular weight excluding hydrogens is 184 g/mol.